The Bertz CT molecular complexity index is 1130. The van der Waals surface area contributed by atoms with Crippen LogP contribution in [-0.4, -0.2) is 25.9 Å². The van der Waals surface area contributed by atoms with Crippen LogP contribution in [0.3, 0.4) is 0 Å². The van der Waals surface area contributed by atoms with Crippen molar-refractivity contribution in [3.8, 4) is 11.5 Å². The summed E-state index contributed by atoms with van der Waals surface area (Å²) in [6.45, 7) is 4.60. The second-order valence-corrected chi connectivity index (χ2v) is 7.23. The minimum atomic E-state index is -0.292. The first-order valence-corrected chi connectivity index (χ1v) is 9.49. The summed E-state index contributed by atoms with van der Waals surface area (Å²) in [6.07, 6.45) is 1.57. The van der Waals surface area contributed by atoms with E-state index in [1.807, 2.05) is 42.8 Å². The number of amides is 1. The summed E-state index contributed by atoms with van der Waals surface area (Å²) in [7, 11) is 0. The van der Waals surface area contributed by atoms with Crippen molar-refractivity contribution < 1.29 is 9.21 Å². The Balaban J connectivity index is 1.49. The van der Waals surface area contributed by atoms with Crippen molar-refractivity contribution in [3.63, 3.8) is 0 Å². The van der Waals surface area contributed by atoms with Crippen molar-refractivity contribution in [1.82, 2.24) is 20.0 Å². The van der Waals surface area contributed by atoms with Crippen LogP contribution in [0.5, 0.6) is 0 Å². The molecule has 0 aliphatic heterocycles. The number of halogens is 1. The quantitative estimate of drug-likeness (QED) is 0.477. The highest BCUT2D eigenvalue weighted by atomic mass is 79.9. The van der Waals surface area contributed by atoms with Crippen molar-refractivity contribution in [2.24, 2.45) is 0 Å². The van der Waals surface area contributed by atoms with Gasteiger partial charge in [0.2, 0.25) is 0 Å². The summed E-state index contributed by atoms with van der Waals surface area (Å²) in [5.41, 5.74) is 4.69. The smallest absolute Gasteiger partial charge is 0.276 e. The maximum atomic E-state index is 12.5. The largest absolute Gasteiger partial charge is 0.463 e. The Hall–Kier alpha value is -3.13. The lowest BCUT2D eigenvalue weighted by atomic mass is 10.2. The molecule has 3 heterocycles. The zero-order chi connectivity index (χ0) is 19.7. The first-order valence-electron chi connectivity index (χ1n) is 8.70. The van der Waals surface area contributed by atoms with Gasteiger partial charge in [-0.2, -0.15) is 10.2 Å². The maximum Gasteiger partial charge on any atom is 0.276 e. The fourth-order valence-electron chi connectivity index (χ4n) is 2.94. The first kappa shape index (κ1) is 18.2. The van der Waals surface area contributed by atoms with Gasteiger partial charge in [-0.3, -0.25) is 14.6 Å². The van der Waals surface area contributed by atoms with Gasteiger partial charge in [0.25, 0.3) is 5.91 Å². The number of carbonyl (C=O) groups is 1. The molecule has 0 bridgehead atoms. The fourth-order valence-corrected chi connectivity index (χ4v) is 3.22. The number of furan rings is 1. The van der Waals surface area contributed by atoms with E-state index in [1.165, 1.54) is 0 Å². The number of rotatable bonds is 5. The molecule has 4 aromatic rings. The lowest BCUT2D eigenvalue weighted by Gasteiger charge is -2.08. The second kappa shape index (κ2) is 7.47. The molecule has 0 spiro atoms. The van der Waals surface area contributed by atoms with E-state index in [-0.39, 0.29) is 5.91 Å². The van der Waals surface area contributed by atoms with Crippen molar-refractivity contribution in [1.29, 1.82) is 0 Å². The van der Waals surface area contributed by atoms with Crippen LogP contribution in [-0.2, 0) is 6.54 Å². The summed E-state index contributed by atoms with van der Waals surface area (Å²) in [5, 5.41) is 14.3. The number of aromatic nitrogens is 4. The summed E-state index contributed by atoms with van der Waals surface area (Å²) < 4.78 is 8.26. The van der Waals surface area contributed by atoms with Gasteiger partial charge in [0.15, 0.2) is 11.5 Å². The van der Waals surface area contributed by atoms with E-state index in [9.17, 15) is 4.79 Å². The zero-order valence-electron chi connectivity index (χ0n) is 15.4. The SMILES string of the molecule is Cc1nn(Cc2cccc(NC(=O)c3cc(-c4ccco4)[nH]n3)c2)c(C)c1Br. The van der Waals surface area contributed by atoms with Crippen LogP contribution in [0.2, 0.25) is 0 Å². The Morgan fingerprint density at radius 2 is 2.11 bits per heavy atom. The summed E-state index contributed by atoms with van der Waals surface area (Å²) in [4.78, 5) is 12.5. The fraction of sp³-hybridized carbons (Fsp3) is 0.150. The van der Waals surface area contributed by atoms with E-state index in [2.05, 4.69) is 36.5 Å². The van der Waals surface area contributed by atoms with Gasteiger partial charge in [0, 0.05) is 11.8 Å². The minimum Gasteiger partial charge on any atom is -0.463 e. The summed E-state index contributed by atoms with van der Waals surface area (Å²) >= 11 is 3.55. The normalized spacial score (nSPS) is 11.0. The van der Waals surface area contributed by atoms with E-state index in [4.69, 9.17) is 4.42 Å². The van der Waals surface area contributed by atoms with E-state index >= 15 is 0 Å². The number of hydrogen-bond acceptors (Lipinski definition) is 4. The standard InChI is InChI=1S/C20H18BrN5O2/c1-12-19(21)13(2)26(25-12)11-14-5-3-6-15(9-14)22-20(27)17-10-16(23-24-17)18-7-4-8-28-18/h3-10H,11H2,1-2H3,(H,22,27)(H,23,24). The van der Waals surface area contributed by atoms with Gasteiger partial charge in [0.05, 0.1) is 28.7 Å². The van der Waals surface area contributed by atoms with Crippen molar-refractivity contribution in [2.75, 3.05) is 5.32 Å². The summed E-state index contributed by atoms with van der Waals surface area (Å²) in [6, 6.07) is 12.9. The van der Waals surface area contributed by atoms with Gasteiger partial charge in [-0.05, 0) is 59.6 Å². The molecule has 0 aliphatic rings. The minimum absolute atomic E-state index is 0.291. The number of aryl methyl sites for hydroxylation is 1. The van der Waals surface area contributed by atoms with Gasteiger partial charge in [0.1, 0.15) is 5.69 Å². The Labute approximate surface area is 169 Å². The molecule has 7 nitrogen and oxygen atoms in total. The molecule has 0 unspecified atom stereocenters. The average molecular weight is 440 g/mol. The highest BCUT2D eigenvalue weighted by Gasteiger charge is 2.14. The summed E-state index contributed by atoms with van der Waals surface area (Å²) in [5.74, 6) is 0.338. The predicted octanol–water partition coefficient (Wildman–Crippen LogP) is 4.55. The Morgan fingerprint density at radius 1 is 1.25 bits per heavy atom. The molecule has 0 atom stereocenters. The first-order chi connectivity index (χ1) is 13.5. The molecule has 1 amide bonds. The van der Waals surface area contributed by atoms with E-state index in [0.717, 1.165) is 21.4 Å². The number of hydrogen-bond donors (Lipinski definition) is 2. The number of nitrogens with one attached hydrogen (secondary N) is 2. The highest BCUT2D eigenvalue weighted by molar-refractivity contribution is 9.10. The van der Waals surface area contributed by atoms with Gasteiger partial charge in [-0.25, -0.2) is 0 Å². The number of benzene rings is 1. The molecule has 0 fully saturated rings. The molecular formula is C20H18BrN5O2. The molecule has 4 rings (SSSR count). The van der Waals surface area contributed by atoms with Gasteiger partial charge < -0.3 is 9.73 Å². The average Bonchev–Trinajstić information content (AvgIpc) is 3.41. The Kier molecular flexibility index (Phi) is 4.87. The Morgan fingerprint density at radius 3 is 2.82 bits per heavy atom. The number of anilines is 1. The molecule has 8 heteroatoms. The van der Waals surface area contributed by atoms with Crippen LogP contribution in [0.25, 0.3) is 11.5 Å². The number of nitrogens with zero attached hydrogens (tertiary/aromatic N) is 3. The molecular weight excluding hydrogens is 422 g/mol. The van der Waals surface area contributed by atoms with Crippen LogP contribution in [0.1, 0.15) is 27.4 Å². The molecule has 1 aromatic carbocycles. The van der Waals surface area contributed by atoms with E-state index in [0.29, 0.717) is 29.4 Å². The van der Waals surface area contributed by atoms with E-state index in [1.54, 1.807) is 24.5 Å². The third kappa shape index (κ3) is 3.63. The maximum absolute atomic E-state index is 12.5. The molecule has 0 radical (unpaired) electrons. The van der Waals surface area contributed by atoms with Gasteiger partial charge >= 0.3 is 0 Å². The number of carbonyl (C=O) groups excluding carboxylic acids is 1. The third-order valence-corrected chi connectivity index (χ3v) is 5.56. The van der Waals surface area contributed by atoms with Crippen molar-refractivity contribution in [2.45, 2.75) is 20.4 Å². The lowest BCUT2D eigenvalue weighted by Crippen LogP contribution is -2.13. The van der Waals surface area contributed by atoms with Crippen LogP contribution in [0.15, 0.2) is 57.6 Å². The van der Waals surface area contributed by atoms with Crippen molar-refractivity contribution >= 4 is 27.5 Å². The van der Waals surface area contributed by atoms with Crippen LogP contribution in [0, 0.1) is 13.8 Å². The van der Waals surface area contributed by atoms with Crippen LogP contribution in [0.4, 0.5) is 5.69 Å². The molecule has 142 valence electrons. The highest BCUT2D eigenvalue weighted by Crippen LogP contribution is 2.22. The molecule has 0 aliphatic carbocycles. The molecule has 2 N–H and O–H groups in total. The topological polar surface area (TPSA) is 88.7 Å². The zero-order valence-corrected chi connectivity index (χ0v) is 16.9. The third-order valence-electron chi connectivity index (χ3n) is 4.41. The monoisotopic (exact) mass is 439 g/mol. The second-order valence-electron chi connectivity index (χ2n) is 6.44. The van der Waals surface area contributed by atoms with E-state index < -0.39 is 0 Å². The number of aromatic amines is 1. The van der Waals surface area contributed by atoms with Gasteiger partial charge in [-0.1, -0.05) is 12.1 Å². The molecule has 0 saturated heterocycles. The molecule has 28 heavy (non-hydrogen) atoms. The van der Waals surface area contributed by atoms with Crippen LogP contribution >= 0.6 is 15.9 Å². The van der Waals surface area contributed by atoms with Gasteiger partial charge in [-0.15, -0.1) is 0 Å². The predicted molar refractivity (Wildman–Crippen MR) is 109 cm³/mol. The lowest BCUT2D eigenvalue weighted by molar-refractivity contribution is 0.102. The molecule has 3 aromatic heterocycles. The van der Waals surface area contributed by atoms with Crippen molar-refractivity contribution in [3.05, 3.63) is 75.8 Å². The molecule has 0 saturated carbocycles. The van der Waals surface area contributed by atoms with Crippen LogP contribution < -0.4 is 5.32 Å². The number of H-pyrrole nitrogens is 1.